The fourth-order valence-electron chi connectivity index (χ4n) is 3.69. The molecule has 2 aromatic heterocycles. The fraction of sp³-hybridized carbons (Fsp3) is 0.381. The number of thiophene rings is 1. The molecule has 0 N–H and O–H groups in total. The number of thioether (sulfide) groups is 1. The summed E-state index contributed by atoms with van der Waals surface area (Å²) < 4.78 is 1.78. The number of hydrogen-bond acceptors (Lipinski definition) is 5. The van der Waals surface area contributed by atoms with Crippen LogP contribution >= 0.6 is 23.1 Å². The zero-order chi connectivity index (χ0) is 18.8. The molecule has 4 rings (SSSR count). The van der Waals surface area contributed by atoms with Gasteiger partial charge in [0.05, 0.1) is 17.2 Å². The molecular formula is C21H21N3OS2. The van der Waals surface area contributed by atoms with E-state index in [4.69, 9.17) is 10.2 Å². The Labute approximate surface area is 166 Å². The Morgan fingerprint density at radius 2 is 2.19 bits per heavy atom. The van der Waals surface area contributed by atoms with E-state index in [2.05, 4.69) is 25.1 Å². The topological polar surface area (TPSA) is 58.7 Å². The van der Waals surface area contributed by atoms with Gasteiger partial charge in [-0.25, -0.2) is 4.98 Å². The molecular weight excluding hydrogens is 374 g/mol. The third kappa shape index (κ3) is 3.67. The highest BCUT2D eigenvalue weighted by atomic mass is 32.2. The van der Waals surface area contributed by atoms with E-state index in [1.807, 2.05) is 18.2 Å². The van der Waals surface area contributed by atoms with Gasteiger partial charge in [0.1, 0.15) is 4.83 Å². The average Bonchev–Trinajstić information content (AvgIpc) is 3.04. The first-order valence-electron chi connectivity index (χ1n) is 9.26. The van der Waals surface area contributed by atoms with Crippen LogP contribution in [0.3, 0.4) is 0 Å². The molecule has 0 radical (unpaired) electrons. The first-order valence-corrected chi connectivity index (χ1v) is 11.1. The van der Waals surface area contributed by atoms with Gasteiger partial charge >= 0.3 is 0 Å². The Bertz CT molecular complexity index is 1060. The van der Waals surface area contributed by atoms with Crippen molar-refractivity contribution in [1.29, 1.82) is 5.26 Å². The molecule has 0 spiro atoms. The van der Waals surface area contributed by atoms with E-state index >= 15 is 0 Å². The molecule has 6 heteroatoms. The van der Waals surface area contributed by atoms with Crippen molar-refractivity contribution in [2.45, 2.75) is 44.3 Å². The highest BCUT2D eigenvalue weighted by Gasteiger charge is 2.24. The van der Waals surface area contributed by atoms with Crippen LogP contribution in [-0.2, 0) is 25.8 Å². The van der Waals surface area contributed by atoms with Gasteiger partial charge in [-0.1, -0.05) is 49.0 Å². The predicted molar refractivity (Wildman–Crippen MR) is 112 cm³/mol. The molecule has 0 saturated carbocycles. The van der Waals surface area contributed by atoms with Crippen LogP contribution in [0.1, 0.15) is 29.3 Å². The average molecular weight is 396 g/mol. The summed E-state index contributed by atoms with van der Waals surface area (Å²) in [7, 11) is 0. The second-order valence-electron chi connectivity index (χ2n) is 7.07. The minimum atomic E-state index is 0.0587. The lowest BCUT2D eigenvalue weighted by Gasteiger charge is -2.17. The number of aromatic nitrogens is 2. The Morgan fingerprint density at radius 3 is 2.96 bits per heavy atom. The summed E-state index contributed by atoms with van der Waals surface area (Å²) in [5, 5.41) is 10.5. The van der Waals surface area contributed by atoms with Crippen LogP contribution in [0.25, 0.3) is 10.2 Å². The molecule has 2 heterocycles. The molecule has 0 unspecified atom stereocenters. The number of nitriles is 1. The summed E-state index contributed by atoms with van der Waals surface area (Å²) in [5.74, 6) is 0.962. The SMILES string of the molecule is C[C@@H]1CCc2c(sc3nc(SCC#N)n(CCc4ccccc4)c(=O)c23)C1. The smallest absolute Gasteiger partial charge is 0.263 e. The molecule has 1 atom stereocenters. The standard InChI is InChI=1S/C21H21N3OS2/c1-14-7-8-16-17(13-14)27-19-18(16)20(25)24(21(23-19)26-12-10-22)11-9-15-5-3-2-4-6-15/h2-6,14H,7-9,11-13H2,1H3/t14-/m1/s1. The van der Waals surface area contributed by atoms with Gasteiger partial charge in [-0.05, 0) is 42.7 Å². The Hall–Kier alpha value is -2.10. The van der Waals surface area contributed by atoms with Crippen LogP contribution in [0.2, 0.25) is 0 Å². The van der Waals surface area contributed by atoms with E-state index in [1.54, 1.807) is 15.9 Å². The van der Waals surface area contributed by atoms with E-state index in [0.29, 0.717) is 23.4 Å². The van der Waals surface area contributed by atoms with E-state index < -0.39 is 0 Å². The number of hydrogen-bond donors (Lipinski definition) is 0. The Kier molecular flexibility index (Phi) is 5.33. The van der Waals surface area contributed by atoms with Gasteiger partial charge in [-0.15, -0.1) is 11.3 Å². The quantitative estimate of drug-likeness (QED) is 0.473. The minimum Gasteiger partial charge on any atom is -0.287 e. The molecule has 0 aliphatic heterocycles. The molecule has 0 bridgehead atoms. The molecule has 4 nitrogen and oxygen atoms in total. The Balaban J connectivity index is 1.78. The molecule has 3 aromatic rings. The van der Waals surface area contributed by atoms with Crippen molar-refractivity contribution in [3.63, 3.8) is 0 Å². The lowest BCUT2D eigenvalue weighted by atomic mass is 9.89. The second-order valence-corrected chi connectivity index (χ2v) is 9.09. The summed E-state index contributed by atoms with van der Waals surface area (Å²) in [6.45, 7) is 2.85. The number of aryl methyl sites for hydroxylation is 2. The molecule has 1 aromatic carbocycles. The molecule has 0 saturated heterocycles. The van der Waals surface area contributed by atoms with Crippen LogP contribution in [-0.4, -0.2) is 15.3 Å². The number of nitrogens with zero attached hydrogens (tertiary/aromatic N) is 3. The van der Waals surface area contributed by atoms with Crippen molar-refractivity contribution in [2.75, 3.05) is 5.75 Å². The highest BCUT2D eigenvalue weighted by Crippen LogP contribution is 2.36. The van der Waals surface area contributed by atoms with Gasteiger partial charge in [0.25, 0.3) is 5.56 Å². The van der Waals surface area contributed by atoms with Gasteiger partial charge < -0.3 is 0 Å². The van der Waals surface area contributed by atoms with Crippen LogP contribution in [0, 0.1) is 17.2 Å². The number of benzene rings is 1. The van der Waals surface area contributed by atoms with Gasteiger partial charge in [0, 0.05) is 11.4 Å². The zero-order valence-electron chi connectivity index (χ0n) is 15.3. The maximum absolute atomic E-state index is 13.4. The third-order valence-electron chi connectivity index (χ3n) is 5.11. The zero-order valence-corrected chi connectivity index (χ0v) is 16.9. The maximum Gasteiger partial charge on any atom is 0.263 e. The van der Waals surface area contributed by atoms with Crippen molar-refractivity contribution in [1.82, 2.24) is 9.55 Å². The number of fused-ring (bicyclic) bond motifs is 3. The van der Waals surface area contributed by atoms with Crippen LogP contribution in [0.15, 0.2) is 40.3 Å². The van der Waals surface area contributed by atoms with Crippen LogP contribution in [0.5, 0.6) is 0 Å². The Morgan fingerprint density at radius 1 is 1.37 bits per heavy atom. The summed E-state index contributed by atoms with van der Waals surface area (Å²) >= 11 is 3.02. The molecule has 0 amide bonds. The van der Waals surface area contributed by atoms with Crippen LogP contribution in [0.4, 0.5) is 0 Å². The van der Waals surface area contributed by atoms with Crippen molar-refractivity contribution in [3.05, 3.63) is 56.7 Å². The molecule has 0 fully saturated rings. The summed E-state index contributed by atoms with van der Waals surface area (Å²) in [6.07, 6.45) is 3.92. The molecule has 27 heavy (non-hydrogen) atoms. The molecule has 1 aliphatic rings. The van der Waals surface area contributed by atoms with Crippen LogP contribution < -0.4 is 5.56 Å². The largest absolute Gasteiger partial charge is 0.287 e. The maximum atomic E-state index is 13.4. The number of rotatable bonds is 5. The summed E-state index contributed by atoms with van der Waals surface area (Å²) in [4.78, 5) is 20.4. The van der Waals surface area contributed by atoms with Gasteiger partial charge in [-0.2, -0.15) is 5.26 Å². The van der Waals surface area contributed by atoms with E-state index in [0.717, 1.165) is 35.9 Å². The molecule has 1 aliphatic carbocycles. The lowest BCUT2D eigenvalue weighted by Crippen LogP contribution is -2.25. The van der Waals surface area contributed by atoms with E-state index in [9.17, 15) is 4.79 Å². The predicted octanol–water partition coefficient (Wildman–Crippen LogP) is 4.44. The highest BCUT2D eigenvalue weighted by molar-refractivity contribution is 7.99. The van der Waals surface area contributed by atoms with Gasteiger partial charge in [-0.3, -0.25) is 9.36 Å². The van der Waals surface area contributed by atoms with Gasteiger partial charge in [0.15, 0.2) is 5.16 Å². The third-order valence-corrected chi connectivity index (χ3v) is 7.10. The van der Waals surface area contributed by atoms with E-state index in [1.165, 1.54) is 27.8 Å². The van der Waals surface area contributed by atoms with Crippen molar-refractivity contribution < 1.29 is 0 Å². The van der Waals surface area contributed by atoms with Crippen molar-refractivity contribution >= 4 is 33.3 Å². The second kappa shape index (κ2) is 7.87. The van der Waals surface area contributed by atoms with Crippen molar-refractivity contribution in [3.8, 4) is 6.07 Å². The first kappa shape index (κ1) is 18.3. The first-order chi connectivity index (χ1) is 13.2. The minimum absolute atomic E-state index is 0.0587. The molecule has 138 valence electrons. The summed E-state index contributed by atoms with van der Waals surface area (Å²) in [5.41, 5.74) is 2.47. The van der Waals surface area contributed by atoms with E-state index in [-0.39, 0.29) is 5.56 Å². The van der Waals surface area contributed by atoms with Gasteiger partial charge in [0.2, 0.25) is 0 Å². The lowest BCUT2D eigenvalue weighted by molar-refractivity contribution is 0.508. The summed E-state index contributed by atoms with van der Waals surface area (Å²) in [6, 6.07) is 12.3. The fourth-order valence-corrected chi connectivity index (χ4v) is 5.81. The normalized spacial score (nSPS) is 16.2. The van der Waals surface area contributed by atoms with Crippen molar-refractivity contribution in [2.24, 2.45) is 5.92 Å². The monoisotopic (exact) mass is 395 g/mol.